The van der Waals surface area contributed by atoms with Crippen LogP contribution in [0.4, 0.5) is 20.2 Å². The molecule has 1 heterocycles. The van der Waals surface area contributed by atoms with Gasteiger partial charge in [-0.25, -0.2) is 13.8 Å². The number of carbonyl (C=O) groups excluding carboxylic acids is 1. The van der Waals surface area contributed by atoms with E-state index in [-0.39, 0.29) is 17.1 Å². The lowest BCUT2D eigenvalue weighted by Crippen LogP contribution is -2.15. The van der Waals surface area contributed by atoms with Crippen LogP contribution in [0.25, 0.3) is 0 Å². The van der Waals surface area contributed by atoms with E-state index >= 15 is 0 Å². The number of benzene rings is 1. The second-order valence-electron chi connectivity index (χ2n) is 3.52. The van der Waals surface area contributed by atoms with E-state index < -0.39 is 17.5 Å². The normalized spacial score (nSPS) is 10.1. The molecule has 18 heavy (non-hydrogen) atoms. The van der Waals surface area contributed by atoms with Crippen LogP contribution < -0.4 is 11.1 Å². The number of nitrogens with zero attached hydrogens (tertiary/aromatic N) is 1. The van der Waals surface area contributed by atoms with Crippen molar-refractivity contribution in [1.29, 1.82) is 0 Å². The third-order valence-corrected chi connectivity index (χ3v) is 2.23. The smallest absolute Gasteiger partial charge is 0.276 e. The molecule has 92 valence electrons. The van der Waals surface area contributed by atoms with E-state index in [0.29, 0.717) is 0 Å². The molecule has 0 saturated heterocycles. The van der Waals surface area contributed by atoms with Crippen LogP contribution in [0.3, 0.4) is 0 Å². The highest BCUT2D eigenvalue weighted by molar-refractivity contribution is 6.06. The molecular formula is C12H9F2N3O. The Morgan fingerprint density at radius 2 is 2.00 bits per heavy atom. The molecule has 0 aliphatic heterocycles. The minimum atomic E-state index is -1.04. The quantitative estimate of drug-likeness (QED) is 0.857. The molecule has 0 radical (unpaired) electrons. The maximum absolute atomic E-state index is 12.9. The van der Waals surface area contributed by atoms with Crippen molar-refractivity contribution in [2.75, 3.05) is 11.1 Å². The van der Waals surface area contributed by atoms with Gasteiger partial charge >= 0.3 is 0 Å². The number of aromatic nitrogens is 1. The molecule has 0 spiro atoms. The lowest BCUT2D eigenvalue weighted by molar-refractivity contribution is 0.102. The molecule has 1 aromatic heterocycles. The van der Waals surface area contributed by atoms with E-state index in [2.05, 4.69) is 10.3 Å². The van der Waals surface area contributed by atoms with Gasteiger partial charge in [-0.05, 0) is 24.3 Å². The Balaban J connectivity index is 2.22. The van der Waals surface area contributed by atoms with Gasteiger partial charge in [0.05, 0.1) is 5.69 Å². The first kappa shape index (κ1) is 12.0. The average molecular weight is 249 g/mol. The van der Waals surface area contributed by atoms with E-state index in [1.807, 2.05) is 0 Å². The second kappa shape index (κ2) is 4.79. The Morgan fingerprint density at radius 3 is 2.67 bits per heavy atom. The third-order valence-electron chi connectivity index (χ3n) is 2.23. The van der Waals surface area contributed by atoms with Crippen LogP contribution in [-0.2, 0) is 0 Å². The predicted molar refractivity (Wildman–Crippen MR) is 63.0 cm³/mol. The summed E-state index contributed by atoms with van der Waals surface area (Å²) >= 11 is 0. The van der Waals surface area contributed by atoms with Crippen molar-refractivity contribution in [2.45, 2.75) is 0 Å². The van der Waals surface area contributed by atoms with Crippen LogP contribution >= 0.6 is 0 Å². The molecule has 0 fully saturated rings. The topological polar surface area (TPSA) is 68.0 Å². The fraction of sp³-hybridized carbons (Fsp3) is 0. The zero-order chi connectivity index (χ0) is 13.1. The number of nitrogens with two attached hydrogens (primary N) is 1. The fourth-order valence-corrected chi connectivity index (χ4v) is 1.37. The number of nitrogen functional groups attached to an aromatic ring is 1. The number of rotatable bonds is 2. The third kappa shape index (κ3) is 2.42. The van der Waals surface area contributed by atoms with Gasteiger partial charge in [0.2, 0.25) is 0 Å². The molecule has 0 aliphatic carbocycles. The van der Waals surface area contributed by atoms with Gasteiger partial charge in [0.15, 0.2) is 17.3 Å². The molecule has 6 heteroatoms. The Labute approximate surface area is 101 Å². The number of amides is 1. The lowest BCUT2D eigenvalue weighted by atomic mass is 10.2. The highest BCUT2D eigenvalue weighted by Gasteiger charge is 2.12. The first-order chi connectivity index (χ1) is 8.58. The van der Waals surface area contributed by atoms with Crippen molar-refractivity contribution < 1.29 is 13.6 Å². The maximum Gasteiger partial charge on any atom is 0.276 e. The highest BCUT2D eigenvalue weighted by Crippen LogP contribution is 2.15. The summed E-state index contributed by atoms with van der Waals surface area (Å²) in [5, 5.41) is 2.38. The van der Waals surface area contributed by atoms with Gasteiger partial charge in [-0.2, -0.15) is 0 Å². The predicted octanol–water partition coefficient (Wildman–Crippen LogP) is 2.19. The zero-order valence-electron chi connectivity index (χ0n) is 9.15. The molecule has 0 aliphatic rings. The largest absolute Gasteiger partial charge is 0.397 e. The molecule has 1 amide bonds. The molecule has 2 aromatic rings. The number of hydrogen-bond donors (Lipinski definition) is 2. The number of hydrogen-bond acceptors (Lipinski definition) is 3. The van der Waals surface area contributed by atoms with Gasteiger partial charge < -0.3 is 11.1 Å². The van der Waals surface area contributed by atoms with Gasteiger partial charge in [-0.15, -0.1) is 0 Å². The molecule has 1 aromatic carbocycles. The summed E-state index contributed by atoms with van der Waals surface area (Å²) in [7, 11) is 0. The van der Waals surface area contributed by atoms with Crippen molar-refractivity contribution in [2.24, 2.45) is 0 Å². The van der Waals surface area contributed by atoms with E-state index in [0.717, 1.165) is 12.1 Å². The minimum absolute atomic E-state index is 0.0298. The Hall–Kier alpha value is -2.50. The van der Waals surface area contributed by atoms with Gasteiger partial charge in [-0.3, -0.25) is 4.79 Å². The fourth-order valence-electron chi connectivity index (χ4n) is 1.37. The van der Waals surface area contributed by atoms with Crippen LogP contribution in [0, 0.1) is 11.6 Å². The first-order valence-corrected chi connectivity index (χ1v) is 5.05. The summed E-state index contributed by atoms with van der Waals surface area (Å²) in [5.74, 6) is -2.61. The molecule has 2 rings (SSSR count). The van der Waals surface area contributed by atoms with Crippen LogP contribution in [0.15, 0.2) is 36.5 Å². The average Bonchev–Trinajstić information content (AvgIpc) is 2.34. The van der Waals surface area contributed by atoms with E-state index in [9.17, 15) is 13.6 Å². The van der Waals surface area contributed by atoms with Gasteiger partial charge in [0.1, 0.15) is 0 Å². The number of pyridine rings is 1. The first-order valence-electron chi connectivity index (χ1n) is 5.05. The van der Waals surface area contributed by atoms with Crippen LogP contribution in [0.1, 0.15) is 10.5 Å². The van der Waals surface area contributed by atoms with Crippen molar-refractivity contribution in [1.82, 2.24) is 4.98 Å². The van der Waals surface area contributed by atoms with Gasteiger partial charge in [0.25, 0.3) is 5.91 Å². The van der Waals surface area contributed by atoms with Crippen molar-refractivity contribution in [3.05, 3.63) is 53.9 Å². The monoisotopic (exact) mass is 249 g/mol. The molecule has 0 atom stereocenters. The van der Waals surface area contributed by atoms with Crippen LogP contribution in [0.2, 0.25) is 0 Å². The summed E-state index contributed by atoms with van der Waals surface area (Å²) in [6.07, 6.45) is 1.41. The van der Waals surface area contributed by atoms with Crippen molar-refractivity contribution >= 4 is 17.3 Å². The summed E-state index contributed by atoms with van der Waals surface area (Å²) in [4.78, 5) is 15.6. The molecular weight excluding hydrogens is 240 g/mol. The SMILES string of the molecule is Nc1cccnc1C(=O)Nc1ccc(F)c(F)c1. The molecule has 0 saturated carbocycles. The van der Waals surface area contributed by atoms with E-state index in [1.165, 1.54) is 18.3 Å². The maximum atomic E-state index is 12.9. The van der Waals surface area contributed by atoms with E-state index in [4.69, 9.17) is 5.73 Å². The summed E-state index contributed by atoms with van der Waals surface area (Å²) < 4.78 is 25.6. The highest BCUT2D eigenvalue weighted by atomic mass is 19.2. The Kier molecular flexibility index (Phi) is 3.18. The molecule has 0 unspecified atom stereocenters. The second-order valence-corrected chi connectivity index (χ2v) is 3.52. The number of carbonyl (C=O) groups is 1. The summed E-state index contributed by atoms with van der Waals surface area (Å²) in [5.41, 5.74) is 5.94. The van der Waals surface area contributed by atoms with E-state index in [1.54, 1.807) is 6.07 Å². The Bertz CT molecular complexity index is 602. The lowest BCUT2D eigenvalue weighted by Gasteiger charge is -2.06. The van der Waals surface area contributed by atoms with Crippen LogP contribution in [0.5, 0.6) is 0 Å². The Morgan fingerprint density at radius 1 is 1.22 bits per heavy atom. The van der Waals surface area contributed by atoms with Crippen molar-refractivity contribution in [3.63, 3.8) is 0 Å². The molecule has 0 bridgehead atoms. The zero-order valence-corrected chi connectivity index (χ0v) is 9.15. The molecule has 4 nitrogen and oxygen atoms in total. The number of halogens is 2. The summed E-state index contributed by atoms with van der Waals surface area (Å²) in [6.45, 7) is 0. The molecule has 3 N–H and O–H groups in total. The number of anilines is 2. The van der Waals surface area contributed by atoms with Gasteiger partial charge in [0, 0.05) is 18.0 Å². The standard InChI is InChI=1S/C12H9F2N3O/c13-8-4-3-7(6-9(8)14)17-12(18)11-10(15)2-1-5-16-11/h1-6H,15H2,(H,17,18). The minimum Gasteiger partial charge on any atom is -0.397 e. The van der Waals surface area contributed by atoms with Crippen LogP contribution in [-0.4, -0.2) is 10.9 Å². The van der Waals surface area contributed by atoms with Crippen molar-refractivity contribution in [3.8, 4) is 0 Å². The summed E-state index contributed by atoms with van der Waals surface area (Å²) in [6, 6.07) is 6.16. The van der Waals surface area contributed by atoms with Gasteiger partial charge in [-0.1, -0.05) is 0 Å². The number of nitrogens with one attached hydrogen (secondary N) is 1.